The Hall–Kier alpha value is -1.08. The summed E-state index contributed by atoms with van der Waals surface area (Å²) < 4.78 is 0. The minimum Gasteiger partial charge on any atom is -0.299 e. The molecule has 17 heavy (non-hydrogen) atoms. The largest absolute Gasteiger partial charge is 0.299 e. The van der Waals surface area contributed by atoms with E-state index >= 15 is 0 Å². The van der Waals surface area contributed by atoms with Crippen LogP contribution in [0.5, 0.6) is 0 Å². The van der Waals surface area contributed by atoms with E-state index in [1.165, 1.54) is 37.1 Å². The van der Waals surface area contributed by atoms with Gasteiger partial charge in [0.15, 0.2) is 0 Å². The van der Waals surface area contributed by atoms with Gasteiger partial charge in [-0.1, -0.05) is 43.0 Å². The summed E-state index contributed by atoms with van der Waals surface area (Å²) in [5.74, 6) is 0.681. The van der Waals surface area contributed by atoms with Crippen molar-refractivity contribution in [1.82, 2.24) is 4.90 Å². The number of rotatable bonds is 5. The highest BCUT2D eigenvalue weighted by molar-refractivity contribution is 5.19. The van der Waals surface area contributed by atoms with Crippen molar-refractivity contribution >= 4 is 0 Å². The lowest BCUT2D eigenvalue weighted by atomic mass is 9.89. The molecule has 1 aliphatic heterocycles. The molecule has 0 amide bonds. The van der Waals surface area contributed by atoms with Gasteiger partial charge in [0.1, 0.15) is 0 Å². The van der Waals surface area contributed by atoms with Crippen LogP contribution in [0.3, 0.4) is 0 Å². The molecule has 0 radical (unpaired) electrons. The first-order valence-corrected chi connectivity index (χ1v) is 6.52. The van der Waals surface area contributed by atoms with Crippen LogP contribution >= 0.6 is 0 Å². The van der Waals surface area contributed by atoms with E-state index in [9.17, 15) is 0 Å². The first-order valence-electron chi connectivity index (χ1n) is 6.52. The molecule has 0 bridgehead atoms. The molecule has 0 aromatic rings. The van der Waals surface area contributed by atoms with Crippen LogP contribution in [0.15, 0.2) is 48.6 Å². The highest BCUT2D eigenvalue weighted by Crippen LogP contribution is 2.24. The first kappa shape index (κ1) is 14.0. The molecule has 1 heterocycles. The zero-order chi connectivity index (χ0) is 12.7. The molecule has 1 nitrogen and oxygen atoms in total. The molecule has 0 aromatic carbocycles. The van der Waals surface area contributed by atoms with Gasteiger partial charge in [-0.2, -0.15) is 0 Å². The van der Waals surface area contributed by atoms with E-state index in [4.69, 9.17) is 0 Å². The molecular weight excluding hydrogens is 206 g/mol. The van der Waals surface area contributed by atoms with Crippen LogP contribution in [0.25, 0.3) is 0 Å². The van der Waals surface area contributed by atoms with Crippen molar-refractivity contribution in [3.8, 4) is 0 Å². The van der Waals surface area contributed by atoms with Gasteiger partial charge in [0, 0.05) is 6.54 Å². The van der Waals surface area contributed by atoms with Gasteiger partial charge in [-0.25, -0.2) is 0 Å². The van der Waals surface area contributed by atoms with Crippen LogP contribution < -0.4 is 0 Å². The summed E-state index contributed by atoms with van der Waals surface area (Å²) in [4.78, 5) is 2.51. The maximum Gasteiger partial charge on any atom is 0.0230 e. The monoisotopic (exact) mass is 231 g/mol. The summed E-state index contributed by atoms with van der Waals surface area (Å²) in [5, 5.41) is 0. The Balaban J connectivity index is 2.40. The lowest BCUT2D eigenvalue weighted by molar-refractivity contribution is 0.216. The van der Waals surface area contributed by atoms with Crippen LogP contribution in [-0.4, -0.2) is 24.5 Å². The molecule has 1 fully saturated rings. The van der Waals surface area contributed by atoms with Gasteiger partial charge < -0.3 is 0 Å². The van der Waals surface area contributed by atoms with Gasteiger partial charge in [0.2, 0.25) is 0 Å². The van der Waals surface area contributed by atoms with E-state index in [1.807, 2.05) is 6.08 Å². The molecular formula is C16H25N. The quantitative estimate of drug-likeness (QED) is 0.647. The lowest BCUT2D eigenvalue weighted by Gasteiger charge is -2.32. The number of nitrogens with zero attached hydrogens (tertiary/aromatic N) is 1. The molecule has 0 unspecified atom stereocenters. The van der Waals surface area contributed by atoms with Crippen LogP contribution in [0.2, 0.25) is 0 Å². The highest BCUT2D eigenvalue weighted by atomic mass is 15.1. The standard InChI is InChI=1S/C16H25N/c1-5-8-14(4)16-9-11-17(12-10-16)13-15(6-2)7-3/h5-8,16H,2,4,9-13H2,1,3H3/b8-5-,15-7+. The van der Waals surface area contributed by atoms with Crippen molar-refractivity contribution in [2.75, 3.05) is 19.6 Å². The van der Waals surface area contributed by atoms with Crippen LogP contribution in [0.1, 0.15) is 26.7 Å². The predicted molar refractivity (Wildman–Crippen MR) is 77.1 cm³/mol. The number of hydrogen-bond acceptors (Lipinski definition) is 1. The van der Waals surface area contributed by atoms with Crippen molar-refractivity contribution in [2.45, 2.75) is 26.7 Å². The average Bonchev–Trinajstić information content (AvgIpc) is 2.37. The van der Waals surface area contributed by atoms with Gasteiger partial charge in [0.05, 0.1) is 0 Å². The Morgan fingerprint density at radius 1 is 1.29 bits per heavy atom. The summed E-state index contributed by atoms with van der Waals surface area (Å²) in [6, 6.07) is 0. The summed E-state index contributed by atoms with van der Waals surface area (Å²) in [6.07, 6.45) is 10.8. The van der Waals surface area contributed by atoms with E-state index in [0.717, 1.165) is 6.54 Å². The van der Waals surface area contributed by atoms with Crippen LogP contribution in [0, 0.1) is 5.92 Å². The second-order valence-corrected chi connectivity index (χ2v) is 4.69. The van der Waals surface area contributed by atoms with Gasteiger partial charge in [-0.15, -0.1) is 0 Å². The third kappa shape index (κ3) is 4.35. The third-order valence-electron chi connectivity index (χ3n) is 3.53. The fourth-order valence-corrected chi connectivity index (χ4v) is 2.34. The van der Waals surface area contributed by atoms with Crippen LogP contribution in [-0.2, 0) is 0 Å². The minimum absolute atomic E-state index is 0.681. The third-order valence-corrected chi connectivity index (χ3v) is 3.53. The topological polar surface area (TPSA) is 3.24 Å². The summed E-state index contributed by atoms with van der Waals surface area (Å²) in [5.41, 5.74) is 2.62. The molecule has 0 N–H and O–H groups in total. The fourth-order valence-electron chi connectivity index (χ4n) is 2.34. The van der Waals surface area contributed by atoms with E-state index in [2.05, 4.69) is 50.1 Å². The molecule has 0 aliphatic carbocycles. The van der Waals surface area contributed by atoms with Gasteiger partial charge in [-0.05, 0) is 51.3 Å². The molecule has 1 aliphatic rings. The maximum absolute atomic E-state index is 4.15. The normalized spacial score (nSPS) is 19.8. The smallest absolute Gasteiger partial charge is 0.0230 e. The van der Waals surface area contributed by atoms with Crippen molar-refractivity contribution in [2.24, 2.45) is 5.92 Å². The SMILES string of the molecule is C=C/C(=C\C)CN1CCC(C(=C)/C=C\C)CC1. The van der Waals surface area contributed by atoms with Crippen molar-refractivity contribution in [1.29, 1.82) is 0 Å². The molecule has 0 saturated carbocycles. The van der Waals surface area contributed by atoms with Crippen molar-refractivity contribution in [3.05, 3.63) is 48.6 Å². The summed E-state index contributed by atoms with van der Waals surface area (Å²) >= 11 is 0. The molecule has 1 heteroatoms. The summed E-state index contributed by atoms with van der Waals surface area (Å²) in [6.45, 7) is 15.5. The zero-order valence-corrected chi connectivity index (χ0v) is 11.3. The minimum atomic E-state index is 0.681. The average molecular weight is 231 g/mol. The van der Waals surface area contributed by atoms with E-state index < -0.39 is 0 Å². The van der Waals surface area contributed by atoms with E-state index in [1.54, 1.807) is 0 Å². The Morgan fingerprint density at radius 3 is 2.41 bits per heavy atom. The van der Waals surface area contributed by atoms with Gasteiger partial charge >= 0.3 is 0 Å². The second-order valence-electron chi connectivity index (χ2n) is 4.69. The fraction of sp³-hybridized carbons (Fsp3) is 0.500. The molecule has 1 rings (SSSR count). The predicted octanol–water partition coefficient (Wildman–Crippen LogP) is 3.96. The van der Waals surface area contributed by atoms with Gasteiger partial charge in [0.25, 0.3) is 0 Å². The Morgan fingerprint density at radius 2 is 1.94 bits per heavy atom. The lowest BCUT2D eigenvalue weighted by Crippen LogP contribution is -2.35. The number of allylic oxidation sites excluding steroid dienone is 4. The Labute approximate surface area is 106 Å². The molecule has 0 spiro atoms. The number of likely N-dealkylation sites (tertiary alicyclic amines) is 1. The Kier molecular flexibility index (Phi) is 5.99. The van der Waals surface area contributed by atoms with Crippen molar-refractivity contribution in [3.63, 3.8) is 0 Å². The first-order chi connectivity index (χ1) is 8.21. The van der Waals surface area contributed by atoms with Crippen molar-refractivity contribution < 1.29 is 0 Å². The Bertz CT molecular complexity index is 314. The van der Waals surface area contributed by atoms with E-state index in [0.29, 0.717) is 5.92 Å². The molecule has 0 aromatic heterocycles. The number of piperidine rings is 1. The zero-order valence-electron chi connectivity index (χ0n) is 11.3. The number of hydrogen-bond donors (Lipinski definition) is 0. The maximum atomic E-state index is 4.15. The summed E-state index contributed by atoms with van der Waals surface area (Å²) in [7, 11) is 0. The van der Waals surface area contributed by atoms with Crippen LogP contribution in [0.4, 0.5) is 0 Å². The molecule has 1 saturated heterocycles. The second kappa shape index (κ2) is 7.29. The molecule has 94 valence electrons. The van der Waals surface area contributed by atoms with Gasteiger partial charge in [-0.3, -0.25) is 4.90 Å². The molecule has 0 atom stereocenters. The highest BCUT2D eigenvalue weighted by Gasteiger charge is 2.20. The van der Waals surface area contributed by atoms with E-state index in [-0.39, 0.29) is 0 Å².